The quantitative estimate of drug-likeness (QED) is 0.889. The summed E-state index contributed by atoms with van der Waals surface area (Å²) in [4.78, 5) is 2.84. The second kappa shape index (κ2) is 6.75. The van der Waals surface area contributed by atoms with Crippen LogP contribution in [0.3, 0.4) is 0 Å². The molecule has 2 heterocycles. The van der Waals surface area contributed by atoms with Crippen LogP contribution in [0.5, 0.6) is 0 Å². The lowest BCUT2D eigenvalue weighted by atomic mass is 9.96. The van der Waals surface area contributed by atoms with E-state index < -0.39 is 0 Å². The van der Waals surface area contributed by atoms with Crippen LogP contribution in [0.2, 0.25) is 0 Å². The summed E-state index contributed by atoms with van der Waals surface area (Å²) in [6, 6.07) is 5.08. The van der Waals surface area contributed by atoms with Gasteiger partial charge in [0.1, 0.15) is 0 Å². The van der Waals surface area contributed by atoms with E-state index in [9.17, 15) is 0 Å². The zero-order valence-electron chi connectivity index (χ0n) is 13.1. The van der Waals surface area contributed by atoms with E-state index in [-0.39, 0.29) is 0 Å². The van der Waals surface area contributed by atoms with Crippen molar-refractivity contribution in [3.63, 3.8) is 0 Å². The van der Waals surface area contributed by atoms with Crippen molar-refractivity contribution in [2.45, 2.75) is 65.1 Å². The van der Waals surface area contributed by atoms with Crippen LogP contribution in [-0.4, -0.2) is 9.78 Å². The third kappa shape index (κ3) is 3.74. The molecule has 3 nitrogen and oxygen atoms in total. The van der Waals surface area contributed by atoms with Crippen LogP contribution in [0.1, 0.15) is 59.2 Å². The van der Waals surface area contributed by atoms with Crippen molar-refractivity contribution in [2.24, 2.45) is 0 Å². The fraction of sp³-hybridized carbons (Fsp3) is 0.588. The lowest BCUT2D eigenvalue weighted by Gasteiger charge is -2.21. The Labute approximate surface area is 131 Å². The second-order valence-corrected chi connectivity index (χ2v) is 7.48. The average Bonchev–Trinajstić information content (AvgIpc) is 3.08. The Morgan fingerprint density at radius 1 is 1.24 bits per heavy atom. The molecule has 114 valence electrons. The van der Waals surface area contributed by atoms with E-state index in [1.165, 1.54) is 47.4 Å². The van der Waals surface area contributed by atoms with Gasteiger partial charge < -0.3 is 5.32 Å². The normalized spacial score (nSPS) is 16.5. The molecule has 0 aromatic carbocycles. The zero-order valence-corrected chi connectivity index (χ0v) is 13.9. The van der Waals surface area contributed by atoms with Crippen LogP contribution in [0.4, 0.5) is 0 Å². The first-order valence-corrected chi connectivity index (χ1v) is 8.84. The Hall–Kier alpha value is -1.13. The second-order valence-electron chi connectivity index (χ2n) is 6.13. The molecule has 1 aliphatic carbocycles. The Balaban J connectivity index is 1.50. The standard InChI is InChI=1S/C17H25N3S/c1-13-10-17(21-14(13)2)12-18-11-15-8-9-20(19-15)16-6-4-3-5-7-16/h8-10,16,18H,3-7,11-12H2,1-2H3. The van der Waals surface area contributed by atoms with E-state index >= 15 is 0 Å². The van der Waals surface area contributed by atoms with Gasteiger partial charge in [0.05, 0.1) is 11.7 Å². The molecule has 0 spiro atoms. The number of aromatic nitrogens is 2. The maximum Gasteiger partial charge on any atom is 0.0762 e. The van der Waals surface area contributed by atoms with Gasteiger partial charge in [0, 0.05) is 29.0 Å². The van der Waals surface area contributed by atoms with Crippen molar-refractivity contribution >= 4 is 11.3 Å². The van der Waals surface area contributed by atoms with Gasteiger partial charge in [-0.3, -0.25) is 4.68 Å². The van der Waals surface area contributed by atoms with Gasteiger partial charge in [0.25, 0.3) is 0 Å². The van der Waals surface area contributed by atoms with Crippen LogP contribution in [0.15, 0.2) is 18.3 Å². The molecule has 2 aromatic rings. The van der Waals surface area contributed by atoms with Crippen LogP contribution in [0.25, 0.3) is 0 Å². The number of thiophene rings is 1. The van der Waals surface area contributed by atoms with Gasteiger partial charge in [0.2, 0.25) is 0 Å². The van der Waals surface area contributed by atoms with Gasteiger partial charge >= 0.3 is 0 Å². The number of rotatable bonds is 5. The highest BCUT2D eigenvalue weighted by Gasteiger charge is 2.15. The fourth-order valence-corrected chi connectivity index (χ4v) is 4.09. The highest BCUT2D eigenvalue weighted by Crippen LogP contribution is 2.27. The smallest absolute Gasteiger partial charge is 0.0762 e. The van der Waals surface area contributed by atoms with Crippen molar-refractivity contribution in [3.05, 3.63) is 39.3 Å². The molecule has 2 aromatic heterocycles. The number of hydrogen-bond donors (Lipinski definition) is 1. The van der Waals surface area contributed by atoms with E-state index in [0.717, 1.165) is 18.8 Å². The lowest BCUT2D eigenvalue weighted by Crippen LogP contribution is -2.15. The molecular weight excluding hydrogens is 278 g/mol. The van der Waals surface area contributed by atoms with Crippen molar-refractivity contribution in [1.29, 1.82) is 0 Å². The first-order valence-electron chi connectivity index (χ1n) is 8.03. The molecule has 1 fully saturated rings. The summed E-state index contributed by atoms with van der Waals surface area (Å²) in [7, 11) is 0. The Kier molecular flexibility index (Phi) is 4.76. The van der Waals surface area contributed by atoms with Gasteiger partial charge in [-0.25, -0.2) is 0 Å². The van der Waals surface area contributed by atoms with Gasteiger partial charge in [0.15, 0.2) is 0 Å². The van der Waals surface area contributed by atoms with Crippen molar-refractivity contribution in [1.82, 2.24) is 15.1 Å². The highest BCUT2D eigenvalue weighted by molar-refractivity contribution is 7.12. The third-order valence-corrected chi connectivity index (χ3v) is 5.59. The zero-order chi connectivity index (χ0) is 14.7. The first kappa shape index (κ1) is 14.8. The molecule has 0 saturated heterocycles. The number of aryl methyl sites for hydroxylation is 2. The van der Waals surface area contributed by atoms with Crippen molar-refractivity contribution in [2.75, 3.05) is 0 Å². The molecule has 0 radical (unpaired) electrons. The molecule has 0 aliphatic heterocycles. The number of nitrogens with zero attached hydrogens (tertiary/aromatic N) is 2. The first-order chi connectivity index (χ1) is 10.2. The monoisotopic (exact) mass is 303 g/mol. The maximum atomic E-state index is 4.75. The summed E-state index contributed by atoms with van der Waals surface area (Å²) in [5.74, 6) is 0. The fourth-order valence-electron chi connectivity index (χ4n) is 3.07. The molecule has 21 heavy (non-hydrogen) atoms. The van der Waals surface area contributed by atoms with E-state index in [4.69, 9.17) is 5.10 Å². The van der Waals surface area contributed by atoms with Gasteiger partial charge in [-0.2, -0.15) is 5.10 Å². The van der Waals surface area contributed by atoms with Gasteiger partial charge in [-0.1, -0.05) is 19.3 Å². The van der Waals surface area contributed by atoms with Crippen LogP contribution >= 0.6 is 11.3 Å². The minimum Gasteiger partial charge on any atom is -0.306 e. The van der Waals surface area contributed by atoms with Gasteiger partial charge in [-0.05, 0) is 44.4 Å². The molecule has 0 unspecified atom stereocenters. The minimum absolute atomic E-state index is 0.634. The Morgan fingerprint density at radius 2 is 2.05 bits per heavy atom. The summed E-state index contributed by atoms with van der Waals surface area (Å²) in [5, 5.41) is 8.25. The summed E-state index contributed by atoms with van der Waals surface area (Å²) < 4.78 is 2.19. The number of nitrogens with one attached hydrogen (secondary N) is 1. The predicted octanol–water partition coefficient (Wildman–Crippen LogP) is 4.36. The molecule has 1 N–H and O–H groups in total. The van der Waals surface area contributed by atoms with Crippen LogP contribution in [0, 0.1) is 13.8 Å². The molecule has 1 saturated carbocycles. The molecule has 3 rings (SSSR count). The van der Waals surface area contributed by atoms with Crippen LogP contribution in [-0.2, 0) is 13.1 Å². The van der Waals surface area contributed by atoms with Crippen molar-refractivity contribution in [3.8, 4) is 0 Å². The molecule has 1 aliphatic rings. The summed E-state index contributed by atoms with van der Waals surface area (Å²) in [6.45, 7) is 6.17. The topological polar surface area (TPSA) is 29.9 Å². The Morgan fingerprint density at radius 3 is 2.76 bits per heavy atom. The summed E-state index contributed by atoms with van der Waals surface area (Å²) in [5.41, 5.74) is 2.56. The molecule has 0 amide bonds. The van der Waals surface area contributed by atoms with E-state index in [1.807, 2.05) is 11.3 Å². The molecular formula is C17H25N3S. The summed E-state index contributed by atoms with van der Waals surface area (Å²) in [6.07, 6.45) is 8.85. The van der Waals surface area contributed by atoms with Gasteiger partial charge in [-0.15, -0.1) is 11.3 Å². The predicted molar refractivity (Wildman–Crippen MR) is 88.7 cm³/mol. The highest BCUT2D eigenvalue weighted by atomic mass is 32.1. The Bertz CT molecular complexity index is 559. The largest absolute Gasteiger partial charge is 0.306 e. The molecule has 4 heteroatoms. The molecule has 0 bridgehead atoms. The number of hydrogen-bond acceptors (Lipinski definition) is 3. The van der Waals surface area contributed by atoms with Crippen LogP contribution < -0.4 is 5.32 Å². The van der Waals surface area contributed by atoms with E-state index in [2.05, 4.69) is 42.2 Å². The van der Waals surface area contributed by atoms with Crippen molar-refractivity contribution < 1.29 is 0 Å². The SMILES string of the molecule is Cc1cc(CNCc2ccn(C3CCCCC3)n2)sc1C. The average molecular weight is 303 g/mol. The third-order valence-electron chi connectivity index (χ3n) is 4.43. The summed E-state index contributed by atoms with van der Waals surface area (Å²) >= 11 is 1.89. The minimum atomic E-state index is 0.634. The molecule has 0 atom stereocenters. The maximum absolute atomic E-state index is 4.75. The lowest BCUT2D eigenvalue weighted by molar-refractivity contribution is 0.327. The van der Waals surface area contributed by atoms with E-state index in [1.54, 1.807) is 0 Å². The van der Waals surface area contributed by atoms with E-state index in [0.29, 0.717) is 6.04 Å².